The van der Waals surface area contributed by atoms with Gasteiger partial charge >= 0.3 is 10.1 Å². The fourth-order valence-corrected chi connectivity index (χ4v) is 1.39. The number of aliphatic hydroxyl groups is 1. The Labute approximate surface area is 81.9 Å². The summed E-state index contributed by atoms with van der Waals surface area (Å²) in [5.41, 5.74) is 0. The standard InChI is InChI=1S/C9H10O4S/c1-7-5-9(13-14(2,11)12)4-3-8(7)6-10/h3-6,10H,1H2,2H3/b8-6+. The van der Waals surface area contributed by atoms with Crippen LogP contribution in [0.3, 0.4) is 0 Å². The van der Waals surface area contributed by atoms with Gasteiger partial charge in [0.25, 0.3) is 0 Å². The fraction of sp³-hybridized carbons (Fsp3) is 0.111. The van der Waals surface area contributed by atoms with Crippen molar-refractivity contribution in [3.63, 3.8) is 0 Å². The maximum atomic E-state index is 10.8. The summed E-state index contributed by atoms with van der Waals surface area (Å²) in [6, 6.07) is 4.39. The van der Waals surface area contributed by atoms with E-state index in [0.29, 0.717) is 10.4 Å². The summed E-state index contributed by atoms with van der Waals surface area (Å²) in [6.07, 6.45) is 1.86. The zero-order chi connectivity index (χ0) is 10.8. The zero-order valence-corrected chi connectivity index (χ0v) is 8.41. The summed E-state index contributed by atoms with van der Waals surface area (Å²) in [7, 11) is -3.51. The van der Waals surface area contributed by atoms with Crippen molar-refractivity contribution in [2.45, 2.75) is 0 Å². The lowest BCUT2D eigenvalue weighted by atomic mass is 10.2. The highest BCUT2D eigenvalue weighted by atomic mass is 32.2. The quantitative estimate of drug-likeness (QED) is 0.688. The van der Waals surface area contributed by atoms with E-state index in [1.165, 1.54) is 18.2 Å². The van der Waals surface area contributed by atoms with E-state index in [1.54, 1.807) is 0 Å². The van der Waals surface area contributed by atoms with E-state index < -0.39 is 10.1 Å². The molecular formula is C9H10O4S. The van der Waals surface area contributed by atoms with Gasteiger partial charge in [0, 0.05) is 5.22 Å². The highest BCUT2D eigenvalue weighted by Crippen LogP contribution is 2.06. The molecule has 0 aliphatic carbocycles. The SMILES string of the molecule is C=c1cc(OS(C)(=O)=O)cc/c1=C\O. The van der Waals surface area contributed by atoms with Crippen LogP contribution < -0.4 is 14.6 Å². The summed E-state index contributed by atoms with van der Waals surface area (Å²) in [6.45, 7) is 3.62. The van der Waals surface area contributed by atoms with Crippen molar-refractivity contribution in [1.29, 1.82) is 0 Å². The average Bonchev–Trinajstić information content (AvgIpc) is 2.01. The molecule has 0 aromatic heterocycles. The molecule has 0 saturated carbocycles. The Morgan fingerprint density at radius 2 is 2.14 bits per heavy atom. The Morgan fingerprint density at radius 3 is 2.57 bits per heavy atom. The van der Waals surface area contributed by atoms with Gasteiger partial charge in [-0.3, -0.25) is 0 Å². The van der Waals surface area contributed by atoms with Crippen LogP contribution in [0.25, 0.3) is 12.8 Å². The Morgan fingerprint density at radius 1 is 1.50 bits per heavy atom. The molecule has 1 N–H and O–H groups in total. The molecule has 0 radical (unpaired) electrons. The number of aliphatic hydroxyl groups excluding tert-OH is 1. The van der Waals surface area contributed by atoms with Crippen molar-refractivity contribution in [3.05, 3.63) is 28.6 Å². The van der Waals surface area contributed by atoms with Gasteiger partial charge in [-0.15, -0.1) is 0 Å². The van der Waals surface area contributed by atoms with Crippen molar-refractivity contribution in [3.8, 4) is 5.75 Å². The minimum atomic E-state index is -3.51. The molecule has 1 aromatic rings. The lowest BCUT2D eigenvalue weighted by Crippen LogP contribution is -2.22. The first-order chi connectivity index (χ1) is 6.42. The second kappa shape index (κ2) is 3.71. The van der Waals surface area contributed by atoms with Gasteiger partial charge in [-0.2, -0.15) is 8.42 Å². The van der Waals surface area contributed by atoms with Gasteiger partial charge in [0.05, 0.1) is 12.5 Å². The molecule has 14 heavy (non-hydrogen) atoms. The topological polar surface area (TPSA) is 63.6 Å². The molecular weight excluding hydrogens is 204 g/mol. The monoisotopic (exact) mass is 214 g/mol. The van der Waals surface area contributed by atoms with Crippen molar-refractivity contribution < 1.29 is 17.7 Å². The van der Waals surface area contributed by atoms with Crippen LogP contribution in [-0.4, -0.2) is 19.8 Å². The summed E-state index contributed by atoms with van der Waals surface area (Å²) in [5.74, 6) is 0.183. The van der Waals surface area contributed by atoms with E-state index in [9.17, 15) is 8.42 Å². The van der Waals surface area contributed by atoms with Crippen LogP contribution >= 0.6 is 0 Å². The first-order valence-corrected chi connectivity index (χ1v) is 5.57. The van der Waals surface area contributed by atoms with Crippen LogP contribution in [0.5, 0.6) is 5.75 Å². The van der Waals surface area contributed by atoms with Crippen LogP contribution in [0.1, 0.15) is 0 Å². The van der Waals surface area contributed by atoms with Gasteiger partial charge in [0.2, 0.25) is 0 Å². The minimum Gasteiger partial charge on any atom is -0.515 e. The highest BCUT2D eigenvalue weighted by molar-refractivity contribution is 7.86. The van der Waals surface area contributed by atoms with Crippen molar-refractivity contribution in [1.82, 2.24) is 0 Å². The summed E-state index contributed by atoms with van der Waals surface area (Å²) in [4.78, 5) is 0. The minimum absolute atomic E-state index is 0.183. The van der Waals surface area contributed by atoms with Gasteiger partial charge < -0.3 is 9.29 Å². The lowest BCUT2D eigenvalue weighted by Gasteiger charge is -2.01. The molecule has 0 atom stereocenters. The summed E-state index contributed by atoms with van der Waals surface area (Å²) < 4.78 is 26.2. The van der Waals surface area contributed by atoms with E-state index >= 15 is 0 Å². The molecule has 0 saturated heterocycles. The molecule has 4 nitrogen and oxygen atoms in total. The molecule has 0 fully saturated rings. The van der Waals surface area contributed by atoms with E-state index in [2.05, 4.69) is 10.8 Å². The molecule has 0 heterocycles. The first kappa shape index (κ1) is 10.6. The van der Waals surface area contributed by atoms with Crippen LogP contribution in [-0.2, 0) is 10.1 Å². The van der Waals surface area contributed by atoms with Crippen molar-refractivity contribution >= 4 is 23.0 Å². The van der Waals surface area contributed by atoms with E-state index in [0.717, 1.165) is 12.5 Å². The molecule has 0 spiro atoms. The fourth-order valence-electron chi connectivity index (χ4n) is 0.935. The first-order valence-electron chi connectivity index (χ1n) is 3.75. The predicted octanol–water partition coefficient (Wildman–Crippen LogP) is -0.269. The van der Waals surface area contributed by atoms with E-state index in [-0.39, 0.29) is 5.75 Å². The molecule has 0 amide bonds. The predicted molar refractivity (Wildman–Crippen MR) is 53.8 cm³/mol. The molecule has 5 heteroatoms. The normalized spacial score (nSPS) is 12.8. The van der Waals surface area contributed by atoms with Crippen molar-refractivity contribution in [2.24, 2.45) is 0 Å². The molecule has 1 rings (SSSR count). The number of rotatable bonds is 2. The Hall–Kier alpha value is -1.49. The largest absolute Gasteiger partial charge is 0.515 e. The third kappa shape index (κ3) is 2.77. The number of hydrogen-bond donors (Lipinski definition) is 1. The Balaban J connectivity index is 3.18. The van der Waals surface area contributed by atoms with Gasteiger partial charge in [-0.25, -0.2) is 0 Å². The van der Waals surface area contributed by atoms with Gasteiger partial charge in [0.15, 0.2) is 0 Å². The van der Waals surface area contributed by atoms with Crippen LogP contribution in [0.4, 0.5) is 0 Å². The summed E-state index contributed by atoms with van der Waals surface area (Å²) in [5, 5.41) is 9.73. The Bertz CT molecular complexity index is 530. The number of benzene rings is 1. The summed E-state index contributed by atoms with van der Waals surface area (Å²) >= 11 is 0. The number of hydrogen-bond acceptors (Lipinski definition) is 4. The van der Waals surface area contributed by atoms with Crippen LogP contribution in [0, 0.1) is 0 Å². The third-order valence-electron chi connectivity index (χ3n) is 1.50. The van der Waals surface area contributed by atoms with Gasteiger partial charge in [-0.1, -0.05) is 6.58 Å². The smallest absolute Gasteiger partial charge is 0.306 e. The second-order valence-corrected chi connectivity index (χ2v) is 4.35. The average molecular weight is 214 g/mol. The van der Waals surface area contributed by atoms with Crippen LogP contribution in [0.15, 0.2) is 18.2 Å². The van der Waals surface area contributed by atoms with E-state index in [4.69, 9.17) is 5.11 Å². The zero-order valence-electron chi connectivity index (χ0n) is 7.60. The maximum absolute atomic E-state index is 10.8. The second-order valence-electron chi connectivity index (χ2n) is 2.78. The van der Waals surface area contributed by atoms with Crippen molar-refractivity contribution in [2.75, 3.05) is 6.26 Å². The van der Waals surface area contributed by atoms with Gasteiger partial charge in [-0.05, 0) is 23.4 Å². The molecule has 0 bridgehead atoms. The third-order valence-corrected chi connectivity index (χ3v) is 2.00. The molecule has 0 aliphatic heterocycles. The van der Waals surface area contributed by atoms with Crippen LogP contribution in [0.2, 0.25) is 0 Å². The molecule has 1 aromatic carbocycles. The van der Waals surface area contributed by atoms with E-state index in [1.807, 2.05) is 0 Å². The lowest BCUT2D eigenvalue weighted by molar-refractivity contribution is 0.492. The molecule has 76 valence electrons. The Kier molecular flexibility index (Phi) is 2.81. The molecule has 0 unspecified atom stereocenters. The van der Waals surface area contributed by atoms with Gasteiger partial charge in [0.1, 0.15) is 5.75 Å². The highest BCUT2D eigenvalue weighted by Gasteiger charge is 2.02. The maximum Gasteiger partial charge on any atom is 0.306 e. The molecule has 0 aliphatic rings.